The van der Waals surface area contributed by atoms with Crippen molar-refractivity contribution in [2.75, 3.05) is 60.1 Å². The van der Waals surface area contributed by atoms with Gasteiger partial charge in [-0.1, -0.05) is 13.0 Å². The van der Waals surface area contributed by atoms with Gasteiger partial charge in [-0.15, -0.1) is 0 Å². The minimum Gasteiger partial charge on any atom is -0.493 e. The van der Waals surface area contributed by atoms with E-state index in [-0.39, 0.29) is 6.61 Å². The maximum Gasteiger partial charge on any atom is 0.203 e. The second kappa shape index (κ2) is 8.96. The second-order valence-electron chi connectivity index (χ2n) is 5.69. The lowest BCUT2D eigenvalue weighted by Crippen LogP contribution is -2.49. The van der Waals surface area contributed by atoms with Gasteiger partial charge in [-0.3, -0.25) is 4.90 Å². The van der Waals surface area contributed by atoms with Crippen LogP contribution in [0.4, 0.5) is 0 Å². The fourth-order valence-electron chi connectivity index (χ4n) is 2.78. The zero-order valence-corrected chi connectivity index (χ0v) is 14.3. The van der Waals surface area contributed by atoms with Gasteiger partial charge in [0.25, 0.3) is 0 Å². The Morgan fingerprint density at radius 3 is 2.13 bits per heavy atom. The second-order valence-corrected chi connectivity index (χ2v) is 5.69. The van der Waals surface area contributed by atoms with Crippen molar-refractivity contribution in [3.8, 4) is 17.2 Å². The highest BCUT2D eigenvalue weighted by atomic mass is 16.5. The largest absolute Gasteiger partial charge is 0.493 e. The van der Waals surface area contributed by atoms with E-state index < -0.39 is 6.10 Å². The molecule has 0 spiro atoms. The molecule has 0 radical (unpaired) electrons. The van der Waals surface area contributed by atoms with E-state index in [1.54, 1.807) is 14.2 Å². The Morgan fingerprint density at radius 1 is 1.04 bits per heavy atom. The number of hydrogen-bond donors (Lipinski definition) is 1. The molecular formula is C17H28N2O4. The fraction of sp³-hybridized carbons (Fsp3) is 0.647. The van der Waals surface area contributed by atoms with Crippen LogP contribution in [-0.4, -0.2) is 81.1 Å². The number of rotatable bonds is 8. The number of aliphatic hydroxyl groups excluding tert-OH is 1. The fourth-order valence-corrected chi connectivity index (χ4v) is 2.78. The molecule has 1 N–H and O–H groups in total. The molecule has 1 aliphatic rings. The molecule has 1 heterocycles. The number of likely N-dealkylation sites (N-methyl/N-ethyl adjacent to an activating group) is 1. The predicted molar refractivity (Wildman–Crippen MR) is 89.6 cm³/mol. The molecule has 1 atom stereocenters. The van der Waals surface area contributed by atoms with Crippen molar-refractivity contribution >= 4 is 0 Å². The minimum atomic E-state index is -0.544. The summed E-state index contributed by atoms with van der Waals surface area (Å²) in [6.07, 6.45) is -0.544. The van der Waals surface area contributed by atoms with Gasteiger partial charge in [-0.05, 0) is 18.7 Å². The van der Waals surface area contributed by atoms with E-state index in [0.717, 1.165) is 32.7 Å². The molecule has 1 saturated heterocycles. The predicted octanol–water partition coefficient (Wildman–Crippen LogP) is 1.08. The molecule has 1 fully saturated rings. The molecular weight excluding hydrogens is 296 g/mol. The first-order valence-corrected chi connectivity index (χ1v) is 8.14. The molecule has 6 nitrogen and oxygen atoms in total. The molecule has 1 aromatic carbocycles. The normalized spacial score (nSPS) is 17.7. The molecule has 130 valence electrons. The summed E-state index contributed by atoms with van der Waals surface area (Å²) in [4.78, 5) is 4.69. The van der Waals surface area contributed by atoms with Gasteiger partial charge in [-0.2, -0.15) is 0 Å². The van der Waals surface area contributed by atoms with Crippen LogP contribution in [0.15, 0.2) is 18.2 Å². The first kappa shape index (κ1) is 17.8. The van der Waals surface area contributed by atoms with Crippen molar-refractivity contribution in [3.63, 3.8) is 0 Å². The summed E-state index contributed by atoms with van der Waals surface area (Å²) in [7, 11) is 3.18. The molecule has 1 aromatic rings. The lowest BCUT2D eigenvalue weighted by molar-refractivity contribution is 0.0458. The van der Waals surface area contributed by atoms with Crippen molar-refractivity contribution in [3.05, 3.63) is 18.2 Å². The number of benzene rings is 1. The van der Waals surface area contributed by atoms with Crippen molar-refractivity contribution in [2.24, 2.45) is 0 Å². The molecule has 23 heavy (non-hydrogen) atoms. The summed E-state index contributed by atoms with van der Waals surface area (Å²) in [5.41, 5.74) is 0. The van der Waals surface area contributed by atoms with Crippen LogP contribution in [0.2, 0.25) is 0 Å². The highest BCUT2D eigenvalue weighted by molar-refractivity contribution is 5.51. The number of para-hydroxylation sites is 1. The first-order valence-electron chi connectivity index (χ1n) is 8.14. The molecule has 0 bridgehead atoms. The lowest BCUT2D eigenvalue weighted by atomic mass is 10.2. The van der Waals surface area contributed by atoms with Crippen LogP contribution < -0.4 is 14.2 Å². The number of hydrogen-bond acceptors (Lipinski definition) is 6. The standard InChI is InChI=1S/C17H28N2O4/c1-4-18-8-10-19(11-9-18)12-14(20)13-23-17-15(21-2)6-5-7-16(17)22-3/h5-7,14,20H,4,8-13H2,1-3H3/t14-/m0/s1. The summed E-state index contributed by atoms with van der Waals surface area (Å²) in [5, 5.41) is 10.3. The van der Waals surface area contributed by atoms with E-state index in [1.807, 2.05) is 18.2 Å². The summed E-state index contributed by atoms with van der Waals surface area (Å²) in [5.74, 6) is 1.74. The van der Waals surface area contributed by atoms with E-state index in [2.05, 4.69) is 16.7 Å². The first-order chi connectivity index (χ1) is 11.2. The smallest absolute Gasteiger partial charge is 0.203 e. The zero-order chi connectivity index (χ0) is 16.7. The zero-order valence-electron chi connectivity index (χ0n) is 14.3. The maximum atomic E-state index is 10.3. The van der Waals surface area contributed by atoms with Gasteiger partial charge in [0.2, 0.25) is 5.75 Å². The van der Waals surface area contributed by atoms with E-state index >= 15 is 0 Å². The van der Waals surface area contributed by atoms with Gasteiger partial charge < -0.3 is 24.2 Å². The van der Waals surface area contributed by atoms with Gasteiger partial charge in [0.05, 0.1) is 14.2 Å². The number of piperazine rings is 1. The van der Waals surface area contributed by atoms with Crippen molar-refractivity contribution in [1.29, 1.82) is 0 Å². The summed E-state index contributed by atoms with van der Waals surface area (Å²) in [6.45, 7) is 8.20. The number of methoxy groups -OCH3 is 2. The van der Waals surface area contributed by atoms with Crippen LogP contribution >= 0.6 is 0 Å². The molecule has 0 amide bonds. The van der Waals surface area contributed by atoms with Crippen LogP contribution in [0.3, 0.4) is 0 Å². The van der Waals surface area contributed by atoms with Crippen LogP contribution in [-0.2, 0) is 0 Å². The van der Waals surface area contributed by atoms with Crippen LogP contribution in [0.1, 0.15) is 6.92 Å². The Balaban J connectivity index is 1.84. The molecule has 6 heteroatoms. The molecule has 0 aromatic heterocycles. The summed E-state index contributed by atoms with van der Waals surface area (Å²) < 4.78 is 16.3. The Morgan fingerprint density at radius 2 is 1.61 bits per heavy atom. The number of aliphatic hydroxyl groups is 1. The molecule has 0 unspecified atom stereocenters. The van der Waals surface area contributed by atoms with Gasteiger partial charge in [0, 0.05) is 32.7 Å². The number of nitrogens with zero attached hydrogens (tertiary/aromatic N) is 2. The third kappa shape index (κ3) is 4.99. The third-order valence-electron chi connectivity index (χ3n) is 4.18. The van der Waals surface area contributed by atoms with E-state index in [0.29, 0.717) is 23.8 Å². The average Bonchev–Trinajstić information content (AvgIpc) is 2.60. The van der Waals surface area contributed by atoms with E-state index in [1.165, 1.54) is 0 Å². The van der Waals surface area contributed by atoms with Crippen LogP contribution in [0.25, 0.3) is 0 Å². The van der Waals surface area contributed by atoms with Crippen LogP contribution in [0, 0.1) is 0 Å². The van der Waals surface area contributed by atoms with Crippen LogP contribution in [0.5, 0.6) is 17.2 Å². The maximum absolute atomic E-state index is 10.3. The van der Waals surface area contributed by atoms with E-state index in [4.69, 9.17) is 14.2 Å². The quantitative estimate of drug-likeness (QED) is 0.772. The summed E-state index contributed by atoms with van der Waals surface area (Å²) in [6, 6.07) is 5.47. The highest BCUT2D eigenvalue weighted by Gasteiger charge is 2.19. The Bertz CT molecular complexity index is 453. The van der Waals surface area contributed by atoms with Crippen molar-refractivity contribution in [1.82, 2.24) is 9.80 Å². The van der Waals surface area contributed by atoms with Crippen molar-refractivity contribution < 1.29 is 19.3 Å². The number of β-amino-alcohol motifs (C(OH)–C–C–N with tert-alkyl or cyclic N) is 1. The average molecular weight is 324 g/mol. The van der Waals surface area contributed by atoms with Gasteiger partial charge in [0.15, 0.2) is 11.5 Å². The van der Waals surface area contributed by atoms with Gasteiger partial charge in [-0.25, -0.2) is 0 Å². The molecule has 2 rings (SSSR count). The molecule has 0 saturated carbocycles. The molecule has 0 aliphatic carbocycles. The summed E-state index contributed by atoms with van der Waals surface area (Å²) >= 11 is 0. The number of ether oxygens (including phenoxy) is 3. The SMILES string of the molecule is CCN1CCN(C[C@H](O)COc2c(OC)cccc2OC)CC1. The van der Waals surface area contributed by atoms with E-state index in [9.17, 15) is 5.11 Å². The molecule has 1 aliphatic heterocycles. The highest BCUT2D eigenvalue weighted by Crippen LogP contribution is 2.36. The monoisotopic (exact) mass is 324 g/mol. The topological polar surface area (TPSA) is 54.4 Å². The Kier molecular flexibility index (Phi) is 6.95. The van der Waals surface area contributed by atoms with Crippen molar-refractivity contribution in [2.45, 2.75) is 13.0 Å². The van der Waals surface area contributed by atoms with Gasteiger partial charge in [0.1, 0.15) is 12.7 Å². The third-order valence-corrected chi connectivity index (χ3v) is 4.18. The lowest BCUT2D eigenvalue weighted by Gasteiger charge is -2.34. The Hall–Kier alpha value is -1.50. The van der Waals surface area contributed by atoms with Gasteiger partial charge >= 0.3 is 0 Å². The minimum absolute atomic E-state index is 0.213. The Labute approximate surface area is 138 Å².